The van der Waals surface area contributed by atoms with Gasteiger partial charge in [0.05, 0.1) is 45.8 Å². The summed E-state index contributed by atoms with van der Waals surface area (Å²) in [6.45, 7) is 14.2. The van der Waals surface area contributed by atoms with E-state index in [2.05, 4.69) is 74.3 Å². The SMILES string of the molecule is C[C@]12Cc3cn[nH]c3C[C@@H]1CC[C@@H]1[C@@H]2CC[C@@]2(C)[C@H]1CC[C@]2(C)O.C[C@]12Cc3cn[nH]c3C[C@@H]1CC[C@@H]1[C@@H]2CC[C@@]2(C)[C@H]1CC[C@]2(C)O.O=C(O)c1ccccc1C(=O)O.O=C(O)c1ccccc1C(=O)O. The number of benzene rings is 2. The smallest absolute Gasteiger partial charge is 0.336 e. The first-order valence-electron chi connectivity index (χ1n) is 26.5. The molecule has 0 amide bonds. The number of hydrogen-bond donors (Lipinski definition) is 8. The monoisotopic (exact) mass is 989 g/mol. The minimum Gasteiger partial charge on any atom is -0.478 e. The second kappa shape index (κ2) is 18.9. The van der Waals surface area contributed by atoms with Crippen LogP contribution in [-0.2, 0) is 25.7 Å². The minimum absolute atomic E-state index is 0.146. The number of carboxylic acid groups (broad SMARTS) is 4. The van der Waals surface area contributed by atoms with Gasteiger partial charge in [-0.1, -0.05) is 52.0 Å². The summed E-state index contributed by atoms with van der Waals surface area (Å²) in [5.74, 6) is 1.51. The summed E-state index contributed by atoms with van der Waals surface area (Å²) in [5.41, 5.74) is 5.26. The molecule has 8 aliphatic carbocycles. The van der Waals surface area contributed by atoms with Crippen molar-refractivity contribution in [3.05, 3.63) is 106 Å². The number of aromatic nitrogens is 4. The predicted octanol–water partition coefficient (Wildman–Crippen LogP) is 10.4. The van der Waals surface area contributed by atoms with Gasteiger partial charge in [0, 0.05) is 11.4 Å². The second-order valence-electron chi connectivity index (χ2n) is 24.7. The average molecular weight is 989 g/mol. The standard InChI is InChI=1S/2C21H32N2O.2C8H6O4/c2*1-19-11-13-12-22-23-18(13)10-14(19)4-5-15-16(19)6-8-20(2)17(15)7-9-21(20,3)24;2*9-7(10)5-3-1-2-4-6(5)8(11)12/h2*12,14-17,24H,4-11H2,1-3H3,(H,22,23);2*1-4H,(H,9,10)(H,11,12)/t2*14-,15+,16-,17-,19-,20-,21-;;/m00../s1. The van der Waals surface area contributed by atoms with E-state index < -0.39 is 35.1 Å². The van der Waals surface area contributed by atoms with Crippen LogP contribution in [0.15, 0.2) is 60.9 Å². The summed E-state index contributed by atoms with van der Waals surface area (Å²) in [6.07, 6.45) is 24.0. The molecule has 2 aromatic carbocycles. The van der Waals surface area contributed by atoms with Crippen LogP contribution >= 0.6 is 0 Å². The number of aliphatic hydroxyl groups is 2. The van der Waals surface area contributed by atoms with Crippen LogP contribution in [0.4, 0.5) is 0 Å². The lowest BCUT2D eigenvalue weighted by atomic mass is 9.44. The van der Waals surface area contributed by atoms with Gasteiger partial charge in [-0.3, -0.25) is 10.2 Å². The van der Waals surface area contributed by atoms with Gasteiger partial charge in [-0.25, -0.2) is 19.2 Å². The highest BCUT2D eigenvalue weighted by atomic mass is 16.4. The Morgan fingerprint density at radius 1 is 0.472 bits per heavy atom. The van der Waals surface area contributed by atoms with E-state index in [1.54, 1.807) is 0 Å². The van der Waals surface area contributed by atoms with Gasteiger partial charge in [-0.05, 0) is 221 Å². The molecule has 14 atom stereocenters. The zero-order valence-corrected chi connectivity index (χ0v) is 42.9. The van der Waals surface area contributed by atoms with Crippen LogP contribution in [0.25, 0.3) is 0 Å². The number of H-pyrrole nitrogens is 2. The fraction of sp³-hybridized carbons (Fsp3) is 0.621. The average Bonchev–Trinajstić information content (AvgIpc) is 4.10. The number of carboxylic acids is 4. The molecule has 2 aromatic heterocycles. The van der Waals surface area contributed by atoms with Crippen LogP contribution < -0.4 is 0 Å². The number of fused-ring (bicyclic) bond motifs is 12. The fourth-order valence-corrected chi connectivity index (χ4v) is 17.1. The summed E-state index contributed by atoms with van der Waals surface area (Å²) in [7, 11) is 0. The van der Waals surface area contributed by atoms with E-state index >= 15 is 0 Å². The van der Waals surface area contributed by atoms with Crippen molar-refractivity contribution in [1.82, 2.24) is 20.4 Å². The Hall–Kier alpha value is -5.34. The Balaban J connectivity index is 0.000000125. The molecule has 8 aliphatic rings. The van der Waals surface area contributed by atoms with Crippen LogP contribution in [0, 0.1) is 69.0 Å². The molecule has 0 unspecified atom stereocenters. The molecule has 0 aliphatic heterocycles. The van der Waals surface area contributed by atoms with Crippen molar-refractivity contribution in [3.8, 4) is 0 Å². The number of carbonyl (C=O) groups is 4. The van der Waals surface area contributed by atoms with Gasteiger partial charge in [0.15, 0.2) is 0 Å². The van der Waals surface area contributed by atoms with Crippen molar-refractivity contribution >= 4 is 23.9 Å². The zero-order chi connectivity index (χ0) is 51.8. The first-order valence-corrected chi connectivity index (χ1v) is 26.5. The maximum Gasteiger partial charge on any atom is 0.336 e. The van der Waals surface area contributed by atoms with Crippen molar-refractivity contribution in [1.29, 1.82) is 0 Å². The summed E-state index contributed by atoms with van der Waals surface area (Å²) < 4.78 is 0. The molecule has 14 nitrogen and oxygen atoms in total. The molecule has 12 rings (SSSR count). The van der Waals surface area contributed by atoms with E-state index in [0.29, 0.717) is 10.8 Å². The second-order valence-corrected chi connectivity index (χ2v) is 24.7. The van der Waals surface area contributed by atoms with Gasteiger partial charge in [0.1, 0.15) is 0 Å². The third-order valence-electron chi connectivity index (χ3n) is 21.7. The highest BCUT2D eigenvalue weighted by Gasteiger charge is 2.65. The Morgan fingerprint density at radius 2 is 0.792 bits per heavy atom. The van der Waals surface area contributed by atoms with Crippen LogP contribution in [0.5, 0.6) is 0 Å². The van der Waals surface area contributed by atoms with Gasteiger partial charge in [-0.15, -0.1) is 0 Å². The van der Waals surface area contributed by atoms with Crippen molar-refractivity contribution in [2.24, 2.45) is 69.0 Å². The molecule has 0 spiro atoms. The van der Waals surface area contributed by atoms with Gasteiger partial charge in [0.25, 0.3) is 0 Å². The number of rotatable bonds is 4. The van der Waals surface area contributed by atoms with Crippen LogP contribution in [0.3, 0.4) is 0 Å². The maximum absolute atomic E-state index is 11.0. The van der Waals surface area contributed by atoms with Gasteiger partial charge in [0.2, 0.25) is 0 Å². The van der Waals surface area contributed by atoms with E-state index in [1.807, 2.05) is 0 Å². The summed E-state index contributed by atoms with van der Waals surface area (Å²) >= 11 is 0. The van der Waals surface area contributed by atoms with Crippen LogP contribution in [0.2, 0.25) is 0 Å². The maximum atomic E-state index is 11.0. The number of nitrogens with one attached hydrogen (secondary N) is 2. The van der Waals surface area contributed by atoms with E-state index in [0.717, 1.165) is 60.2 Å². The molecule has 0 saturated heterocycles. The third-order valence-corrected chi connectivity index (χ3v) is 21.7. The Labute approximate surface area is 422 Å². The van der Waals surface area contributed by atoms with E-state index in [4.69, 9.17) is 20.4 Å². The number of aromatic amines is 2. The van der Waals surface area contributed by atoms with Crippen molar-refractivity contribution < 1.29 is 49.8 Å². The molecular weight excluding hydrogens is 913 g/mol. The lowest BCUT2D eigenvalue weighted by Gasteiger charge is -2.60. The molecular formula is C58H76N4O10. The number of nitrogens with zero attached hydrogens (tertiary/aromatic N) is 2. The Kier molecular flexibility index (Phi) is 13.5. The molecule has 4 aromatic rings. The quantitative estimate of drug-likeness (QED) is 0.0952. The van der Waals surface area contributed by atoms with Crippen molar-refractivity contribution in [3.63, 3.8) is 0 Å². The first-order chi connectivity index (χ1) is 34.0. The van der Waals surface area contributed by atoms with Crippen LogP contribution in [-0.4, -0.2) is 86.1 Å². The normalized spacial score (nSPS) is 38.4. The topological polar surface area (TPSA) is 247 Å². The molecule has 8 N–H and O–H groups in total. The van der Waals surface area contributed by atoms with Crippen molar-refractivity contribution in [2.75, 3.05) is 0 Å². The predicted molar refractivity (Wildman–Crippen MR) is 270 cm³/mol. The van der Waals surface area contributed by atoms with E-state index in [-0.39, 0.29) is 33.1 Å². The number of hydrogen-bond acceptors (Lipinski definition) is 8. The molecule has 2 heterocycles. The molecule has 14 heteroatoms. The molecule has 72 heavy (non-hydrogen) atoms. The first kappa shape index (κ1) is 51.6. The van der Waals surface area contributed by atoms with Gasteiger partial charge in [-0.2, -0.15) is 10.2 Å². The lowest BCUT2D eigenvalue weighted by molar-refractivity contribution is -0.139. The lowest BCUT2D eigenvalue weighted by Crippen LogP contribution is -2.56. The summed E-state index contributed by atoms with van der Waals surface area (Å²) in [5, 5.41) is 71.4. The zero-order valence-electron chi connectivity index (χ0n) is 42.9. The van der Waals surface area contributed by atoms with Crippen molar-refractivity contribution in [2.45, 2.75) is 155 Å². The van der Waals surface area contributed by atoms with Crippen LogP contribution in [0.1, 0.15) is 183 Å². The number of aromatic carboxylic acids is 4. The van der Waals surface area contributed by atoms with Gasteiger partial charge < -0.3 is 30.6 Å². The Morgan fingerprint density at radius 3 is 1.11 bits per heavy atom. The fourth-order valence-electron chi connectivity index (χ4n) is 17.1. The Bertz CT molecular complexity index is 2460. The highest BCUT2D eigenvalue weighted by Crippen LogP contribution is 2.69. The molecule has 6 fully saturated rings. The molecule has 6 saturated carbocycles. The molecule has 0 radical (unpaired) electrons. The minimum atomic E-state index is -1.23. The van der Waals surface area contributed by atoms with Gasteiger partial charge >= 0.3 is 23.9 Å². The summed E-state index contributed by atoms with van der Waals surface area (Å²) in [6, 6.07) is 11.0. The van der Waals surface area contributed by atoms with E-state index in [9.17, 15) is 29.4 Å². The van der Waals surface area contributed by atoms with E-state index in [1.165, 1.54) is 161 Å². The third kappa shape index (κ3) is 8.59. The molecule has 388 valence electrons. The molecule has 0 bridgehead atoms. The summed E-state index contributed by atoms with van der Waals surface area (Å²) in [4.78, 5) is 41.9. The highest BCUT2D eigenvalue weighted by molar-refractivity contribution is 6.02. The largest absolute Gasteiger partial charge is 0.478 e.